The topological polar surface area (TPSA) is 67.4 Å². The number of benzene rings is 2. The maximum atomic E-state index is 12.2. The molecule has 2 N–H and O–H groups in total. The molecule has 1 fully saturated rings. The highest BCUT2D eigenvalue weighted by Gasteiger charge is 2.29. The first kappa shape index (κ1) is 19.0. The zero-order valence-electron chi connectivity index (χ0n) is 15.8. The molecule has 0 saturated heterocycles. The average molecular weight is 366 g/mol. The monoisotopic (exact) mass is 366 g/mol. The number of hydrogen-bond acceptors (Lipinski definition) is 3. The van der Waals surface area contributed by atoms with Gasteiger partial charge in [0.05, 0.1) is 0 Å². The Hall–Kier alpha value is -2.82. The highest BCUT2D eigenvalue weighted by molar-refractivity contribution is 5.95. The van der Waals surface area contributed by atoms with Crippen LogP contribution in [0.3, 0.4) is 0 Å². The van der Waals surface area contributed by atoms with E-state index in [0.29, 0.717) is 11.6 Å². The molecule has 0 aromatic heterocycles. The summed E-state index contributed by atoms with van der Waals surface area (Å²) in [6, 6.07) is 14.9. The van der Waals surface area contributed by atoms with E-state index in [1.165, 1.54) is 0 Å². The van der Waals surface area contributed by atoms with Crippen LogP contribution in [-0.4, -0.2) is 18.4 Å². The van der Waals surface area contributed by atoms with Crippen molar-refractivity contribution in [1.29, 1.82) is 0 Å². The van der Waals surface area contributed by atoms with Crippen LogP contribution in [0.4, 0.5) is 11.4 Å². The number of ether oxygens (including phenoxy) is 1. The molecule has 1 saturated carbocycles. The number of carbonyl (C=O) groups is 2. The molecule has 1 aliphatic carbocycles. The predicted octanol–water partition coefficient (Wildman–Crippen LogP) is 4.57. The van der Waals surface area contributed by atoms with E-state index in [1.807, 2.05) is 24.3 Å². The van der Waals surface area contributed by atoms with Gasteiger partial charge in [0, 0.05) is 17.3 Å². The Balaban J connectivity index is 1.51. The number of hydrogen-bond donors (Lipinski definition) is 2. The van der Waals surface area contributed by atoms with Gasteiger partial charge in [0.15, 0.2) is 6.61 Å². The van der Waals surface area contributed by atoms with Crippen molar-refractivity contribution >= 4 is 23.2 Å². The number of para-hydroxylation sites is 1. The molecule has 2 amide bonds. The second-order valence-electron chi connectivity index (χ2n) is 7.02. The fourth-order valence-electron chi connectivity index (χ4n) is 2.81. The molecule has 1 unspecified atom stereocenters. The van der Waals surface area contributed by atoms with Crippen molar-refractivity contribution < 1.29 is 14.3 Å². The molecule has 142 valence electrons. The molecule has 5 heteroatoms. The van der Waals surface area contributed by atoms with Crippen LogP contribution in [0.15, 0.2) is 48.5 Å². The summed E-state index contributed by atoms with van der Waals surface area (Å²) in [6.07, 6.45) is 2.95. The van der Waals surface area contributed by atoms with Gasteiger partial charge in [-0.25, -0.2) is 0 Å². The van der Waals surface area contributed by atoms with Crippen molar-refractivity contribution in [2.24, 2.45) is 5.92 Å². The van der Waals surface area contributed by atoms with Crippen molar-refractivity contribution in [3.63, 3.8) is 0 Å². The Morgan fingerprint density at radius 3 is 2.30 bits per heavy atom. The molecule has 27 heavy (non-hydrogen) atoms. The van der Waals surface area contributed by atoms with Crippen LogP contribution in [0.2, 0.25) is 0 Å². The standard InChI is InChI=1S/C22H26N2O3/c1-3-15(2)19-6-4-5-7-20(19)27-14-21(25)23-17-10-12-18(13-11-17)24-22(26)16-8-9-16/h4-7,10-13,15-16H,3,8-9,14H2,1-2H3,(H,23,25)(H,24,26). The lowest BCUT2D eigenvalue weighted by Crippen LogP contribution is -2.20. The first-order valence-electron chi connectivity index (χ1n) is 9.49. The van der Waals surface area contributed by atoms with Gasteiger partial charge in [-0.3, -0.25) is 9.59 Å². The molecule has 0 radical (unpaired) electrons. The lowest BCUT2D eigenvalue weighted by Gasteiger charge is -2.15. The third-order valence-electron chi connectivity index (χ3n) is 4.81. The Kier molecular flexibility index (Phi) is 6.12. The summed E-state index contributed by atoms with van der Waals surface area (Å²) in [4.78, 5) is 23.9. The van der Waals surface area contributed by atoms with Crippen LogP contribution in [0.1, 0.15) is 44.6 Å². The Morgan fingerprint density at radius 1 is 1.04 bits per heavy atom. The second-order valence-corrected chi connectivity index (χ2v) is 7.02. The highest BCUT2D eigenvalue weighted by Crippen LogP contribution is 2.30. The number of amides is 2. The summed E-state index contributed by atoms with van der Waals surface area (Å²) in [7, 11) is 0. The van der Waals surface area contributed by atoms with Gasteiger partial charge in [-0.15, -0.1) is 0 Å². The quantitative estimate of drug-likeness (QED) is 0.719. The lowest BCUT2D eigenvalue weighted by atomic mass is 9.98. The normalized spacial score (nSPS) is 14.3. The van der Waals surface area contributed by atoms with E-state index in [4.69, 9.17) is 4.74 Å². The Bertz CT molecular complexity index is 797. The van der Waals surface area contributed by atoms with Crippen LogP contribution >= 0.6 is 0 Å². The van der Waals surface area contributed by atoms with Crippen LogP contribution in [0.25, 0.3) is 0 Å². The molecule has 2 aromatic rings. The van der Waals surface area contributed by atoms with Crippen LogP contribution in [0, 0.1) is 5.92 Å². The van der Waals surface area contributed by atoms with Gasteiger partial charge in [-0.05, 0) is 61.1 Å². The third-order valence-corrected chi connectivity index (χ3v) is 4.81. The zero-order valence-corrected chi connectivity index (χ0v) is 15.8. The molecular weight excluding hydrogens is 340 g/mol. The lowest BCUT2D eigenvalue weighted by molar-refractivity contribution is -0.118. The van der Waals surface area contributed by atoms with Crippen molar-refractivity contribution in [3.05, 3.63) is 54.1 Å². The van der Waals surface area contributed by atoms with Crippen molar-refractivity contribution in [2.45, 2.75) is 39.0 Å². The minimum absolute atomic E-state index is 0.0480. The largest absolute Gasteiger partial charge is 0.483 e. The van der Waals surface area contributed by atoms with E-state index >= 15 is 0 Å². The van der Waals surface area contributed by atoms with Gasteiger partial charge >= 0.3 is 0 Å². The maximum Gasteiger partial charge on any atom is 0.262 e. The van der Waals surface area contributed by atoms with E-state index in [1.54, 1.807) is 24.3 Å². The van der Waals surface area contributed by atoms with Crippen molar-refractivity contribution in [3.8, 4) is 5.75 Å². The van der Waals surface area contributed by atoms with Gasteiger partial charge in [0.2, 0.25) is 5.91 Å². The number of rotatable bonds is 8. The summed E-state index contributed by atoms with van der Waals surface area (Å²) in [5, 5.41) is 5.69. The Labute approximate surface area is 160 Å². The number of nitrogens with one attached hydrogen (secondary N) is 2. The molecule has 0 spiro atoms. The van der Waals surface area contributed by atoms with Gasteiger partial charge in [0.1, 0.15) is 5.75 Å². The number of carbonyl (C=O) groups excluding carboxylic acids is 2. The molecule has 0 aliphatic heterocycles. The van der Waals surface area contributed by atoms with Crippen molar-refractivity contribution in [1.82, 2.24) is 0 Å². The Morgan fingerprint density at radius 2 is 1.67 bits per heavy atom. The molecule has 5 nitrogen and oxygen atoms in total. The first-order valence-corrected chi connectivity index (χ1v) is 9.49. The second kappa shape index (κ2) is 8.71. The fraction of sp³-hybridized carbons (Fsp3) is 0.364. The van der Waals surface area contributed by atoms with Crippen LogP contribution < -0.4 is 15.4 Å². The first-order chi connectivity index (χ1) is 13.1. The highest BCUT2D eigenvalue weighted by atomic mass is 16.5. The SMILES string of the molecule is CCC(C)c1ccccc1OCC(=O)Nc1ccc(NC(=O)C2CC2)cc1. The molecule has 1 aliphatic rings. The summed E-state index contributed by atoms with van der Waals surface area (Å²) in [5.74, 6) is 1.14. The van der Waals surface area contributed by atoms with Crippen LogP contribution in [-0.2, 0) is 9.59 Å². The van der Waals surface area contributed by atoms with Gasteiger partial charge in [0.25, 0.3) is 5.91 Å². The minimum Gasteiger partial charge on any atom is -0.483 e. The van der Waals surface area contributed by atoms with E-state index in [9.17, 15) is 9.59 Å². The summed E-state index contributed by atoms with van der Waals surface area (Å²) in [6.45, 7) is 4.23. The van der Waals surface area contributed by atoms with E-state index < -0.39 is 0 Å². The predicted molar refractivity (Wildman–Crippen MR) is 107 cm³/mol. The molecular formula is C22H26N2O3. The average Bonchev–Trinajstić information content (AvgIpc) is 3.53. The van der Waals surface area contributed by atoms with Crippen molar-refractivity contribution in [2.75, 3.05) is 17.2 Å². The fourth-order valence-corrected chi connectivity index (χ4v) is 2.81. The van der Waals surface area contributed by atoms with Gasteiger partial charge < -0.3 is 15.4 Å². The minimum atomic E-state index is -0.219. The summed E-state index contributed by atoms with van der Waals surface area (Å²) >= 11 is 0. The number of anilines is 2. The summed E-state index contributed by atoms with van der Waals surface area (Å²) < 4.78 is 5.73. The third kappa shape index (κ3) is 5.33. The molecule has 0 bridgehead atoms. The maximum absolute atomic E-state index is 12.2. The van der Waals surface area contributed by atoms with E-state index in [0.717, 1.165) is 36.3 Å². The van der Waals surface area contributed by atoms with E-state index in [2.05, 4.69) is 24.5 Å². The smallest absolute Gasteiger partial charge is 0.262 e. The van der Waals surface area contributed by atoms with E-state index in [-0.39, 0.29) is 24.3 Å². The van der Waals surface area contributed by atoms with Crippen LogP contribution in [0.5, 0.6) is 5.75 Å². The zero-order chi connectivity index (χ0) is 19.2. The molecule has 0 heterocycles. The molecule has 1 atom stereocenters. The van der Waals surface area contributed by atoms with Gasteiger partial charge in [-0.2, -0.15) is 0 Å². The van der Waals surface area contributed by atoms with Gasteiger partial charge in [-0.1, -0.05) is 32.0 Å². The summed E-state index contributed by atoms with van der Waals surface area (Å²) in [5.41, 5.74) is 2.52. The molecule has 2 aromatic carbocycles. The molecule has 3 rings (SSSR count).